The minimum atomic E-state index is 0.398. The number of hydrogen-bond acceptors (Lipinski definition) is 1. The predicted molar refractivity (Wildman–Crippen MR) is 81.9 cm³/mol. The van der Waals surface area contributed by atoms with Gasteiger partial charge in [-0.05, 0) is 53.4 Å². The van der Waals surface area contributed by atoms with Crippen LogP contribution in [0.1, 0.15) is 72.6 Å². The summed E-state index contributed by atoms with van der Waals surface area (Å²) in [6, 6.07) is 0. The minimum absolute atomic E-state index is 0.398. The fourth-order valence-corrected chi connectivity index (χ4v) is 2.67. The average molecular weight is 249 g/mol. The van der Waals surface area contributed by atoms with Crippen molar-refractivity contribution in [2.45, 2.75) is 78.2 Å². The first-order chi connectivity index (χ1) is 8.52. The molecule has 1 saturated carbocycles. The highest BCUT2D eigenvalue weighted by atomic mass is 15.0. The van der Waals surface area contributed by atoms with Gasteiger partial charge in [-0.15, -0.1) is 0 Å². The molecule has 0 aromatic carbocycles. The van der Waals surface area contributed by atoms with Gasteiger partial charge in [0.25, 0.3) is 0 Å². The lowest BCUT2D eigenvalue weighted by atomic mass is 9.83. The highest BCUT2D eigenvalue weighted by molar-refractivity contribution is 5.03. The summed E-state index contributed by atoms with van der Waals surface area (Å²) < 4.78 is 0. The monoisotopic (exact) mass is 249 g/mol. The molecule has 0 amide bonds. The van der Waals surface area contributed by atoms with E-state index in [-0.39, 0.29) is 0 Å². The van der Waals surface area contributed by atoms with E-state index in [4.69, 9.17) is 0 Å². The number of allylic oxidation sites excluding steroid dienone is 3. The molecule has 0 aromatic heterocycles. The van der Waals surface area contributed by atoms with Crippen LogP contribution in [0.4, 0.5) is 0 Å². The molecule has 1 N–H and O–H groups in total. The van der Waals surface area contributed by atoms with Gasteiger partial charge in [0, 0.05) is 12.1 Å². The molecule has 0 heterocycles. The third-order valence-corrected chi connectivity index (χ3v) is 4.03. The molecule has 0 bridgehead atoms. The van der Waals surface area contributed by atoms with Crippen molar-refractivity contribution >= 4 is 0 Å². The summed E-state index contributed by atoms with van der Waals surface area (Å²) in [6.45, 7) is 10.0. The van der Waals surface area contributed by atoms with Gasteiger partial charge in [-0.2, -0.15) is 0 Å². The molecule has 0 saturated heterocycles. The summed E-state index contributed by atoms with van der Waals surface area (Å²) in [5.41, 5.74) is 3.34. The Morgan fingerprint density at radius 1 is 1.06 bits per heavy atom. The van der Waals surface area contributed by atoms with Crippen molar-refractivity contribution in [3.8, 4) is 0 Å². The highest BCUT2D eigenvalue weighted by Crippen LogP contribution is 2.27. The van der Waals surface area contributed by atoms with Gasteiger partial charge in [-0.25, -0.2) is 0 Å². The maximum atomic E-state index is 3.74. The Kier molecular flexibility index (Phi) is 6.70. The molecule has 18 heavy (non-hydrogen) atoms. The molecule has 1 nitrogen and oxygen atoms in total. The van der Waals surface area contributed by atoms with Crippen molar-refractivity contribution in [1.29, 1.82) is 0 Å². The van der Waals surface area contributed by atoms with Crippen LogP contribution < -0.4 is 5.32 Å². The van der Waals surface area contributed by atoms with E-state index in [1.165, 1.54) is 56.1 Å². The lowest BCUT2D eigenvalue weighted by Gasteiger charge is -2.34. The second-order valence-electron chi connectivity index (χ2n) is 6.37. The van der Waals surface area contributed by atoms with Crippen molar-refractivity contribution < 1.29 is 0 Å². The zero-order valence-corrected chi connectivity index (χ0v) is 12.8. The smallest absolute Gasteiger partial charge is 0.0156 e. The Labute approximate surface area is 114 Å². The molecule has 0 spiro atoms. The van der Waals surface area contributed by atoms with Crippen LogP contribution in [0.3, 0.4) is 0 Å². The van der Waals surface area contributed by atoms with E-state index >= 15 is 0 Å². The fraction of sp³-hybridized carbons (Fsp3) is 0.765. The summed E-state index contributed by atoms with van der Waals surface area (Å²) in [5.74, 6) is 0. The molecule has 1 aliphatic rings. The Morgan fingerprint density at radius 2 is 1.72 bits per heavy atom. The van der Waals surface area contributed by atoms with Gasteiger partial charge in [0.2, 0.25) is 0 Å². The summed E-state index contributed by atoms with van der Waals surface area (Å²) in [5, 5.41) is 3.74. The van der Waals surface area contributed by atoms with Crippen LogP contribution in [-0.4, -0.2) is 12.1 Å². The maximum Gasteiger partial charge on any atom is 0.0156 e. The van der Waals surface area contributed by atoms with E-state index in [9.17, 15) is 0 Å². The lowest BCUT2D eigenvalue weighted by molar-refractivity contribution is 0.263. The van der Waals surface area contributed by atoms with Gasteiger partial charge in [0.1, 0.15) is 0 Å². The Hall–Kier alpha value is -0.560. The largest absolute Gasteiger partial charge is 0.308 e. The molecular weight excluding hydrogens is 218 g/mol. The van der Waals surface area contributed by atoms with Crippen molar-refractivity contribution in [2.24, 2.45) is 0 Å². The summed E-state index contributed by atoms with van der Waals surface area (Å²) in [7, 11) is 0. The van der Waals surface area contributed by atoms with E-state index in [1.807, 2.05) is 0 Å². The van der Waals surface area contributed by atoms with Gasteiger partial charge >= 0.3 is 0 Å². The van der Waals surface area contributed by atoms with E-state index in [0.29, 0.717) is 5.54 Å². The summed E-state index contributed by atoms with van der Waals surface area (Å²) in [4.78, 5) is 0. The Balaban J connectivity index is 2.24. The Bertz CT molecular complexity index is 289. The average Bonchev–Trinajstić information content (AvgIpc) is 2.29. The van der Waals surface area contributed by atoms with Gasteiger partial charge in [-0.1, -0.05) is 42.6 Å². The topological polar surface area (TPSA) is 12.0 Å². The van der Waals surface area contributed by atoms with Gasteiger partial charge in [0.15, 0.2) is 0 Å². The molecule has 104 valence electrons. The van der Waals surface area contributed by atoms with Crippen molar-refractivity contribution in [3.63, 3.8) is 0 Å². The van der Waals surface area contributed by atoms with Crippen LogP contribution in [0.15, 0.2) is 23.3 Å². The molecule has 0 radical (unpaired) electrons. The van der Waals surface area contributed by atoms with Crippen LogP contribution in [0.25, 0.3) is 0 Å². The third-order valence-electron chi connectivity index (χ3n) is 4.03. The highest BCUT2D eigenvalue weighted by Gasteiger charge is 2.24. The van der Waals surface area contributed by atoms with Crippen LogP contribution in [-0.2, 0) is 0 Å². The van der Waals surface area contributed by atoms with Crippen LogP contribution >= 0.6 is 0 Å². The van der Waals surface area contributed by atoms with Crippen molar-refractivity contribution in [3.05, 3.63) is 23.3 Å². The van der Waals surface area contributed by atoms with E-state index < -0.39 is 0 Å². The number of hydrogen-bond donors (Lipinski definition) is 1. The molecular formula is C17H31N. The molecule has 0 aliphatic heterocycles. The maximum absolute atomic E-state index is 3.74. The van der Waals surface area contributed by atoms with Gasteiger partial charge < -0.3 is 5.32 Å². The predicted octanol–water partition coefficient (Wildman–Crippen LogP) is 4.99. The number of rotatable bonds is 6. The van der Waals surface area contributed by atoms with Crippen molar-refractivity contribution in [1.82, 2.24) is 5.32 Å². The first-order valence-corrected chi connectivity index (χ1v) is 7.56. The zero-order chi connectivity index (χ0) is 13.4. The third kappa shape index (κ3) is 6.39. The van der Waals surface area contributed by atoms with E-state index in [2.05, 4.69) is 45.2 Å². The molecule has 0 atom stereocenters. The molecule has 1 heteroatoms. The zero-order valence-electron chi connectivity index (χ0n) is 12.8. The fourth-order valence-electron chi connectivity index (χ4n) is 2.67. The molecule has 0 aromatic rings. The first-order valence-electron chi connectivity index (χ1n) is 7.56. The van der Waals surface area contributed by atoms with Gasteiger partial charge in [-0.3, -0.25) is 0 Å². The van der Waals surface area contributed by atoms with E-state index in [1.54, 1.807) is 0 Å². The summed E-state index contributed by atoms with van der Waals surface area (Å²) >= 11 is 0. The standard InChI is InChI=1S/C17H31N/c1-15(2)9-8-10-16(3)11-14-18-17(4)12-6-5-7-13-17/h9,11,18H,5-8,10,12-14H2,1-4H3. The molecule has 1 fully saturated rings. The van der Waals surface area contributed by atoms with Crippen LogP contribution in [0.5, 0.6) is 0 Å². The van der Waals surface area contributed by atoms with Crippen molar-refractivity contribution in [2.75, 3.05) is 6.54 Å². The lowest BCUT2D eigenvalue weighted by Crippen LogP contribution is -2.43. The normalized spacial score (nSPS) is 19.7. The second kappa shape index (κ2) is 7.78. The molecule has 1 rings (SSSR count). The quantitative estimate of drug-likeness (QED) is 0.654. The SMILES string of the molecule is CC(C)=CCCC(C)=CCNC1(C)CCCCC1. The summed E-state index contributed by atoms with van der Waals surface area (Å²) in [6.07, 6.45) is 14.0. The van der Waals surface area contributed by atoms with Gasteiger partial charge in [0.05, 0.1) is 0 Å². The molecule has 0 unspecified atom stereocenters. The minimum Gasteiger partial charge on any atom is -0.308 e. The van der Waals surface area contributed by atoms with Crippen LogP contribution in [0.2, 0.25) is 0 Å². The second-order valence-corrected chi connectivity index (χ2v) is 6.37. The first kappa shape index (κ1) is 15.5. The number of nitrogens with one attached hydrogen (secondary N) is 1. The van der Waals surface area contributed by atoms with E-state index in [0.717, 1.165) is 6.54 Å². The van der Waals surface area contributed by atoms with Crippen LogP contribution in [0, 0.1) is 0 Å². The molecule has 1 aliphatic carbocycles. The Morgan fingerprint density at radius 3 is 2.33 bits per heavy atom.